The van der Waals surface area contributed by atoms with Crippen molar-refractivity contribution in [2.24, 2.45) is 5.92 Å². The summed E-state index contributed by atoms with van der Waals surface area (Å²) in [5.74, 6) is 1.48. The molecule has 1 amide bonds. The van der Waals surface area contributed by atoms with E-state index in [4.69, 9.17) is 0 Å². The van der Waals surface area contributed by atoms with Gasteiger partial charge in [0.25, 0.3) is 0 Å². The van der Waals surface area contributed by atoms with Gasteiger partial charge >= 0.3 is 0 Å². The summed E-state index contributed by atoms with van der Waals surface area (Å²) in [6.45, 7) is 4.92. The van der Waals surface area contributed by atoms with Gasteiger partial charge < -0.3 is 10.2 Å². The second-order valence-corrected chi connectivity index (χ2v) is 7.08. The molecule has 0 bridgehead atoms. The Morgan fingerprint density at radius 2 is 2.14 bits per heavy atom. The highest BCUT2D eigenvalue weighted by Crippen LogP contribution is 2.19. The molecule has 1 aliphatic heterocycles. The molecule has 2 rings (SSSR count). The second kappa shape index (κ2) is 8.44. The quantitative estimate of drug-likeness (QED) is 0.648. The van der Waals surface area contributed by atoms with Crippen LogP contribution >= 0.6 is 11.8 Å². The van der Waals surface area contributed by atoms with Gasteiger partial charge in [0, 0.05) is 18.0 Å². The Morgan fingerprint density at radius 3 is 2.86 bits per heavy atom. The second-order valence-electron chi connectivity index (χ2n) is 5.91. The number of piperidine rings is 1. The summed E-state index contributed by atoms with van der Waals surface area (Å²) in [6, 6.07) is 8.61. The first-order valence-electron chi connectivity index (χ1n) is 7.81. The smallest absolute Gasteiger partial charge is 0.224 e. The number of amides is 1. The minimum atomic E-state index is 0.188. The number of thioether (sulfide) groups is 1. The molecular formula is C17H26N2OS. The molecule has 116 valence electrons. The number of hydrogen-bond donors (Lipinski definition) is 1. The maximum Gasteiger partial charge on any atom is 0.224 e. The van der Waals surface area contributed by atoms with E-state index in [1.54, 1.807) is 0 Å². The van der Waals surface area contributed by atoms with E-state index in [0.29, 0.717) is 0 Å². The van der Waals surface area contributed by atoms with Gasteiger partial charge in [-0.2, -0.15) is 0 Å². The predicted molar refractivity (Wildman–Crippen MR) is 89.8 cm³/mol. The number of nitrogens with zero attached hydrogens (tertiary/aromatic N) is 1. The molecule has 1 N–H and O–H groups in total. The molecule has 21 heavy (non-hydrogen) atoms. The molecule has 1 atom stereocenters. The van der Waals surface area contributed by atoms with Crippen molar-refractivity contribution in [1.29, 1.82) is 0 Å². The van der Waals surface area contributed by atoms with Crippen LogP contribution < -0.4 is 5.32 Å². The van der Waals surface area contributed by atoms with Gasteiger partial charge in [0.05, 0.1) is 5.92 Å². The van der Waals surface area contributed by atoms with Gasteiger partial charge in [0.1, 0.15) is 0 Å². The predicted octanol–water partition coefficient (Wildman–Crippen LogP) is 2.94. The summed E-state index contributed by atoms with van der Waals surface area (Å²) < 4.78 is 0. The number of nitrogens with one attached hydrogen (secondary N) is 1. The SMILES string of the molecule is Cc1ccc(SCCCNC(=O)[C@@H]2CCCN(C)C2)cc1. The first-order chi connectivity index (χ1) is 10.1. The summed E-state index contributed by atoms with van der Waals surface area (Å²) in [7, 11) is 2.09. The number of carbonyl (C=O) groups is 1. The third kappa shape index (κ3) is 5.71. The van der Waals surface area contributed by atoms with Gasteiger partial charge in [-0.25, -0.2) is 0 Å². The first kappa shape index (κ1) is 16.4. The zero-order valence-corrected chi connectivity index (χ0v) is 13.9. The molecule has 1 aromatic rings. The van der Waals surface area contributed by atoms with Crippen LogP contribution in [0.25, 0.3) is 0 Å². The van der Waals surface area contributed by atoms with Crippen molar-refractivity contribution in [1.82, 2.24) is 10.2 Å². The largest absolute Gasteiger partial charge is 0.356 e. The Balaban J connectivity index is 1.59. The molecule has 1 fully saturated rings. The van der Waals surface area contributed by atoms with Crippen molar-refractivity contribution in [3.63, 3.8) is 0 Å². The molecule has 1 saturated heterocycles. The summed E-state index contributed by atoms with van der Waals surface area (Å²) in [6.07, 6.45) is 3.19. The van der Waals surface area contributed by atoms with E-state index in [1.165, 1.54) is 10.5 Å². The fourth-order valence-electron chi connectivity index (χ4n) is 2.63. The Labute approximate surface area is 132 Å². The molecule has 0 aliphatic carbocycles. The Bertz CT molecular complexity index is 447. The molecule has 1 aliphatic rings. The lowest BCUT2D eigenvalue weighted by molar-refractivity contribution is -0.126. The van der Waals surface area contributed by atoms with Crippen molar-refractivity contribution in [3.05, 3.63) is 29.8 Å². The molecule has 0 spiro atoms. The molecule has 1 heterocycles. The third-order valence-corrected chi connectivity index (χ3v) is 5.00. The van der Waals surface area contributed by atoms with Gasteiger partial charge in [-0.1, -0.05) is 17.7 Å². The summed E-state index contributed by atoms with van der Waals surface area (Å²) in [5, 5.41) is 3.09. The van der Waals surface area contributed by atoms with E-state index in [-0.39, 0.29) is 11.8 Å². The molecule has 3 nitrogen and oxygen atoms in total. The van der Waals surface area contributed by atoms with Crippen molar-refractivity contribution >= 4 is 17.7 Å². The Hall–Kier alpha value is -1.00. The van der Waals surface area contributed by atoms with E-state index in [9.17, 15) is 4.79 Å². The van der Waals surface area contributed by atoms with E-state index < -0.39 is 0 Å². The van der Waals surface area contributed by atoms with E-state index in [1.807, 2.05) is 11.8 Å². The average molecular weight is 306 g/mol. The monoisotopic (exact) mass is 306 g/mol. The highest BCUT2D eigenvalue weighted by molar-refractivity contribution is 7.99. The summed E-state index contributed by atoms with van der Waals surface area (Å²) >= 11 is 1.86. The molecule has 0 saturated carbocycles. The van der Waals surface area contributed by atoms with Crippen LogP contribution in [0.1, 0.15) is 24.8 Å². The van der Waals surface area contributed by atoms with E-state index >= 15 is 0 Å². The fourth-order valence-corrected chi connectivity index (χ4v) is 3.49. The Morgan fingerprint density at radius 1 is 1.38 bits per heavy atom. The van der Waals surface area contributed by atoms with Crippen LogP contribution in [0, 0.1) is 12.8 Å². The number of carbonyl (C=O) groups excluding carboxylic acids is 1. The van der Waals surface area contributed by atoms with Crippen LogP contribution in [-0.2, 0) is 4.79 Å². The zero-order chi connectivity index (χ0) is 15.1. The van der Waals surface area contributed by atoms with Gasteiger partial charge in [0.15, 0.2) is 0 Å². The average Bonchev–Trinajstić information content (AvgIpc) is 2.48. The maximum absolute atomic E-state index is 12.1. The molecule has 0 unspecified atom stereocenters. The van der Waals surface area contributed by atoms with Gasteiger partial charge in [-0.05, 0) is 57.7 Å². The molecule has 0 aromatic heterocycles. The molecule has 1 aromatic carbocycles. The molecule has 4 heteroatoms. The van der Waals surface area contributed by atoms with Gasteiger partial charge in [0.2, 0.25) is 5.91 Å². The fraction of sp³-hybridized carbons (Fsp3) is 0.588. The van der Waals surface area contributed by atoms with Crippen molar-refractivity contribution in [2.45, 2.75) is 31.1 Å². The zero-order valence-electron chi connectivity index (χ0n) is 13.1. The van der Waals surface area contributed by atoms with Crippen LogP contribution in [0.15, 0.2) is 29.2 Å². The highest BCUT2D eigenvalue weighted by Gasteiger charge is 2.23. The lowest BCUT2D eigenvalue weighted by Crippen LogP contribution is -2.41. The normalized spacial score (nSPS) is 19.4. The number of benzene rings is 1. The van der Waals surface area contributed by atoms with Crippen LogP contribution in [0.2, 0.25) is 0 Å². The Kier molecular flexibility index (Phi) is 6.58. The van der Waals surface area contributed by atoms with Crippen molar-refractivity contribution in [3.8, 4) is 0 Å². The van der Waals surface area contributed by atoms with E-state index in [0.717, 1.165) is 44.6 Å². The van der Waals surface area contributed by atoms with Gasteiger partial charge in [-0.15, -0.1) is 11.8 Å². The lowest BCUT2D eigenvalue weighted by Gasteiger charge is -2.28. The summed E-state index contributed by atoms with van der Waals surface area (Å²) in [4.78, 5) is 15.6. The van der Waals surface area contributed by atoms with Crippen molar-refractivity contribution < 1.29 is 4.79 Å². The van der Waals surface area contributed by atoms with Crippen LogP contribution in [-0.4, -0.2) is 43.2 Å². The lowest BCUT2D eigenvalue weighted by atomic mass is 9.98. The standard InChI is InChI=1S/C17H26N2OS/c1-14-6-8-16(9-7-14)21-12-4-10-18-17(20)15-5-3-11-19(2)13-15/h6-9,15H,3-5,10-13H2,1-2H3,(H,18,20)/t15-/m1/s1. The first-order valence-corrected chi connectivity index (χ1v) is 8.79. The number of rotatable bonds is 6. The number of likely N-dealkylation sites (tertiary alicyclic amines) is 1. The number of hydrogen-bond acceptors (Lipinski definition) is 3. The van der Waals surface area contributed by atoms with Crippen LogP contribution in [0.5, 0.6) is 0 Å². The maximum atomic E-state index is 12.1. The summed E-state index contributed by atoms with van der Waals surface area (Å²) in [5.41, 5.74) is 1.30. The minimum absolute atomic E-state index is 0.188. The van der Waals surface area contributed by atoms with Crippen molar-refractivity contribution in [2.75, 3.05) is 32.4 Å². The van der Waals surface area contributed by atoms with Crippen LogP contribution in [0.3, 0.4) is 0 Å². The third-order valence-electron chi connectivity index (χ3n) is 3.91. The van der Waals surface area contributed by atoms with Crippen LogP contribution in [0.4, 0.5) is 0 Å². The number of aryl methyl sites for hydroxylation is 1. The topological polar surface area (TPSA) is 32.3 Å². The molecular weight excluding hydrogens is 280 g/mol. The highest BCUT2D eigenvalue weighted by atomic mass is 32.2. The molecule has 0 radical (unpaired) electrons. The minimum Gasteiger partial charge on any atom is -0.356 e. The van der Waals surface area contributed by atoms with E-state index in [2.05, 4.69) is 48.5 Å². The van der Waals surface area contributed by atoms with Gasteiger partial charge in [-0.3, -0.25) is 4.79 Å².